The van der Waals surface area contributed by atoms with Crippen LogP contribution in [0.4, 0.5) is 0 Å². The Morgan fingerprint density at radius 1 is 0.957 bits per heavy atom. The molecule has 0 saturated heterocycles. The predicted octanol–water partition coefficient (Wildman–Crippen LogP) is 4.33. The molecule has 2 N–H and O–H groups in total. The molecule has 0 amide bonds. The predicted molar refractivity (Wildman–Crippen MR) is 95.4 cm³/mol. The second-order valence-electron chi connectivity index (χ2n) is 6.07. The van der Waals surface area contributed by atoms with Crippen molar-refractivity contribution in [1.82, 2.24) is 0 Å². The van der Waals surface area contributed by atoms with Crippen LogP contribution >= 0.6 is 0 Å². The van der Waals surface area contributed by atoms with Crippen molar-refractivity contribution in [1.29, 1.82) is 0 Å². The molecule has 0 saturated carbocycles. The lowest BCUT2D eigenvalue weighted by atomic mass is 9.96. The van der Waals surface area contributed by atoms with Crippen molar-refractivity contribution >= 4 is 0 Å². The zero-order chi connectivity index (χ0) is 16.7. The third kappa shape index (κ3) is 5.00. The van der Waals surface area contributed by atoms with Gasteiger partial charge in [0, 0.05) is 0 Å². The number of hydrogen-bond acceptors (Lipinski definition) is 3. The number of hydrogen-bond donors (Lipinski definition) is 1. The summed E-state index contributed by atoms with van der Waals surface area (Å²) in [6.07, 6.45) is 0.885. The summed E-state index contributed by atoms with van der Waals surface area (Å²) in [6, 6.07) is 16.4. The monoisotopic (exact) mass is 313 g/mol. The van der Waals surface area contributed by atoms with E-state index in [0.717, 1.165) is 17.9 Å². The van der Waals surface area contributed by atoms with E-state index in [1.807, 2.05) is 24.3 Å². The highest BCUT2D eigenvalue weighted by Crippen LogP contribution is 2.24. The van der Waals surface area contributed by atoms with Crippen LogP contribution < -0.4 is 15.2 Å². The van der Waals surface area contributed by atoms with Gasteiger partial charge in [-0.05, 0) is 60.2 Å². The lowest BCUT2D eigenvalue weighted by Crippen LogP contribution is -2.15. The van der Waals surface area contributed by atoms with Gasteiger partial charge < -0.3 is 15.2 Å². The number of nitrogens with two attached hydrogens (primary N) is 1. The van der Waals surface area contributed by atoms with Gasteiger partial charge in [-0.1, -0.05) is 38.1 Å². The summed E-state index contributed by atoms with van der Waals surface area (Å²) < 4.78 is 11.1. The van der Waals surface area contributed by atoms with Crippen LogP contribution in [-0.4, -0.2) is 20.3 Å². The molecule has 0 aliphatic rings. The van der Waals surface area contributed by atoms with Crippen LogP contribution in [-0.2, 0) is 0 Å². The first-order valence-corrected chi connectivity index (χ1v) is 8.20. The molecule has 3 heteroatoms. The Labute approximate surface area is 139 Å². The molecular weight excluding hydrogens is 286 g/mol. The van der Waals surface area contributed by atoms with Crippen molar-refractivity contribution in [2.24, 2.45) is 5.73 Å². The van der Waals surface area contributed by atoms with Gasteiger partial charge in [0.2, 0.25) is 0 Å². The largest absolute Gasteiger partial charge is 0.497 e. The summed E-state index contributed by atoms with van der Waals surface area (Å²) in [7, 11) is 1.68. The molecule has 0 aromatic heterocycles. The molecule has 3 nitrogen and oxygen atoms in total. The lowest BCUT2D eigenvalue weighted by Gasteiger charge is -2.16. The van der Waals surface area contributed by atoms with E-state index in [9.17, 15) is 0 Å². The zero-order valence-corrected chi connectivity index (χ0v) is 14.3. The van der Waals surface area contributed by atoms with E-state index in [4.69, 9.17) is 15.2 Å². The molecule has 0 aliphatic carbocycles. The number of methoxy groups -OCH3 is 1. The highest BCUT2D eigenvalue weighted by atomic mass is 16.5. The Kier molecular flexibility index (Phi) is 6.48. The molecule has 1 unspecified atom stereocenters. The Balaban J connectivity index is 1.90. The Morgan fingerprint density at radius 3 is 2.30 bits per heavy atom. The zero-order valence-electron chi connectivity index (χ0n) is 14.3. The fourth-order valence-electron chi connectivity index (χ4n) is 2.58. The van der Waals surface area contributed by atoms with E-state index in [1.165, 1.54) is 11.1 Å². The van der Waals surface area contributed by atoms with Crippen LogP contribution in [0.5, 0.6) is 11.5 Å². The smallest absolute Gasteiger partial charge is 0.119 e. The Hall–Kier alpha value is -2.00. The van der Waals surface area contributed by atoms with E-state index < -0.39 is 0 Å². The lowest BCUT2D eigenvalue weighted by molar-refractivity contribution is 0.298. The minimum atomic E-state index is 0.278. The highest BCUT2D eigenvalue weighted by Gasteiger charge is 2.11. The van der Waals surface area contributed by atoms with Gasteiger partial charge in [0.25, 0.3) is 0 Å². The van der Waals surface area contributed by atoms with Gasteiger partial charge in [-0.25, -0.2) is 0 Å². The summed E-state index contributed by atoms with van der Waals surface area (Å²) in [5.41, 5.74) is 8.46. The van der Waals surface area contributed by atoms with Crippen molar-refractivity contribution in [3.63, 3.8) is 0 Å². The van der Waals surface area contributed by atoms with Crippen molar-refractivity contribution in [3.8, 4) is 11.5 Å². The molecule has 0 spiro atoms. The standard InChI is InChI=1S/C20H27NO2/c1-15(2)16-7-9-19(10-8-16)23-12-11-18(14-21)17-5-4-6-20(13-17)22-3/h4-10,13,15,18H,11-12,14,21H2,1-3H3. The first-order chi connectivity index (χ1) is 11.1. The van der Waals surface area contributed by atoms with Gasteiger partial charge >= 0.3 is 0 Å². The minimum Gasteiger partial charge on any atom is -0.497 e. The topological polar surface area (TPSA) is 44.5 Å². The average molecular weight is 313 g/mol. The van der Waals surface area contributed by atoms with Gasteiger partial charge in [-0.15, -0.1) is 0 Å². The van der Waals surface area contributed by atoms with E-state index >= 15 is 0 Å². The second-order valence-corrected chi connectivity index (χ2v) is 6.07. The third-order valence-electron chi connectivity index (χ3n) is 4.13. The SMILES string of the molecule is COc1cccc(C(CN)CCOc2ccc(C(C)C)cc2)c1. The average Bonchev–Trinajstić information content (AvgIpc) is 2.59. The summed E-state index contributed by atoms with van der Waals surface area (Å²) in [5.74, 6) is 2.60. The van der Waals surface area contributed by atoms with Crippen LogP contribution in [0.1, 0.15) is 43.2 Å². The molecule has 0 heterocycles. The number of ether oxygens (including phenoxy) is 2. The second kappa shape index (κ2) is 8.59. The van der Waals surface area contributed by atoms with Crippen molar-refractivity contribution in [2.45, 2.75) is 32.1 Å². The summed E-state index contributed by atoms with van der Waals surface area (Å²) in [4.78, 5) is 0. The van der Waals surface area contributed by atoms with Crippen LogP contribution in [0, 0.1) is 0 Å². The molecule has 124 valence electrons. The van der Waals surface area contributed by atoms with Gasteiger partial charge in [0.1, 0.15) is 11.5 Å². The van der Waals surface area contributed by atoms with Crippen molar-refractivity contribution < 1.29 is 9.47 Å². The van der Waals surface area contributed by atoms with E-state index in [0.29, 0.717) is 19.1 Å². The highest BCUT2D eigenvalue weighted by molar-refractivity contribution is 5.31. The normalized spacial score (nSPS) is 12.2. The maximum Gasteiger partial charge on any atom is 0.119 e. The molecule has 1 atom stereocenters. The van der Waals surface area contributed by atoms with Gasteiger partial charge in [0.05, 0.1) is 13.7 Å². The summed E-state index contributed by atoms with van der Waals surface area (Å²) in [6.45, 7) is 5.63. The number of benzene rings is 2. The molecule has 2 aromatic rings. The van der Waals surface area contributed by atoms with Crippen LogP contribution in [0.3, 0.4) is 0 Å². The molecule has 2 rings (SSSR count). The fraction of sp³-hybridized carbons (Fsp3) is 0.400. The van der Waals surface area contributed by atoms with Crippen molar-refractivity contribution in [2.75, 3.05) is 20.3 Å². The van der Waals surface area contributed by atoms with Crippen LogP contribution in [0.15, 0.2) is 48.5 Å². The first kappa shape index (κ1) is 17.4. The van der Waals surface area contributed by atoms with Crippen LogP contribution in [0.25, 0.3) is 0 Å². The third-order valence-corrected chi connectivity index (χ3v) is 4.13. The quantitative estimate of drug-likeness (QED) is 0.789. The first-order valence-electron chi connectivity index (χ1n) is 8.20. The van der Waals surface area contributed by atoms with E-state index in [2.05, 4.69) is 38.1 Å². The molecule has 0 bridgehead atoms. The van der Waals surface area contributed by atoms with Gasteiger partial charge in [-0.2, -0.15) is 0 Å². The maximum absolute atomic E-state index is 5.93. The minimum absolute atomic E-state index is 0.278. The van der Waals surface area contributed by atoms with Gasteiger partial charge in [-0.3, -0.25) is 0 Å². The van der Waals surface area contributed by atoms with E-state index in [-0.39, 0.29) is 5.92 Å². The number of rotatable bonds is 8. The van der Waals surface area contributed by atoms with E-state index in [1.54, 1.807) is 7.11 Å². The summed E-state index contributed by atoms with van der Waals surface area (Å²) >= 11 is 0. The molecule has 0 aliphatic heterocycles. The summed E-state index contributed by atoms with van der Waals surface area (Å²) in [5, 5.41) is 0. The van der Waals surface area contributed by atoms with Gasteiger partial charge in [0.15, 0.2) is 0 Å². The maximum atomic E-state index is 5.93. The fourth-order valence-corrected chi connectivity index (χ4v) is 2.58. The van der Waals surface area contributed by atoms with Crippen LogP contribution in [0.2, 0.25) is 0 Å². The Morgan fingerprint density at radius 2 is 1.70 bits per heavy atom. The Bertz CT molecular complexity index is 593. The molecule has 2 aromatic carbocycles. The molecular formula is C20H27NO2. The molecule has 0 fully saturated rings. The molecule has 0 radical (unpaired) electrons. The molecule has 23 heavy (non-hydrogen) atoms. The van der Waals surface area contributed by atoms with Crippen molar-refractivity contribution in [3.05, 3.63) is 59.7 Å².